The second-order valence-electron chi connectivity index (χ2n) is 1.90. The number of hydrogen-bond acceptors (Lipinski definition) is 3. The Kier molecular flexibility index (Phi) is 1.71. The van der Waals surface area contributed by atoms with Gasteiger partial charge in [-0.15, -0.1) is 0 Å². The molecular weight excluding hydrogens is 118 g/mol. The number of ether oxygens (including phenoxy) is 1. The number of nitriles is 1. The van der Waals surface area contributed by atoms with Crippen molar-refractivity contribution in [3.8, 4) is 6.07 Å². The first-order valence-electron chi connectivity index (χ1n) is 2.72. The fourth-order valence-corrected chi connectivity index (χ4v) is 0.682. The van der Waals surface area contributed by atoms with Crippen molar-refractivity contribution in [2.24, 2.45) is 5.92 Å². The van der Waals surface area contributed by atoms with Gasteiger partial charge in [-0.05, 0) is 6.08 Å². The van der Waals surface area contributed by atoms with Gasteiger partial charge < -0.3 is 9.84 Å². The summed E-state index contributed by atoms with van der Waals surface area (Å²) in [5.41, 5.74) is 0. The number of aliphatic hydroxyl groups is 1. The first-order valence-corrected chi connectivity index (χ1v) is 2.72. The van der Waals surface area contributed by atoms with E-state index in [2.05, 4.69) is 0 Å². The zero-order chi connectivity index (χ0) is 6.69. The van der Waals surface area contributed by atoms with E-state index in [4.69, 9.17) is 15.1 Å². The van der Waals surface area contributed by atoms with Gasteiger partial charge in [0.2, 0.25) is 0 Å². The summed E-state index contributed by atoms with van der Waals surface area (Å²) in [5, 5.41) is 16.8. The molecule has 0 unspecified atom stereocenters. The Hall–Kier alpha value is -1.01. The van der Waals surface area contributed by atoms with E-state index in [1.807, 2.05) is 6.07 Å². The molecule has 1 N–H and O–H groups in total. The summed E-state index contributed by atoms with van der Waals surface area (Å²) in [7, 11) is 0. The largest absolute Gasteiger partial charge is 0.483 e. The van der Waals surface area contributed by atoms with Crippen LogP contribution in [0.4, 0.5) is 0 Å². The van der Waals surface area contributed by atoms with Crippen molar-refractivity contribution in [3.05, 3.63) is 11.8 Å². The first-order chi connectivity index (χ1) is 4.36. The smallest absolute Gasteiger partial charge is 0.193 e. The Morgan fingerprint density at radius 1 is 2.00 bits per heavy atom. The molecule has 1 aliphatic heterocycles. The molecule has 0 radical (unpaired) electrons. The van der Waals surface area contributed by atoms with E-state index >= 15 is 0 Å². The van der Waals surface area contributed by atoms with Gasteiger partial charge in [0.05, 0.1) is 13.2 Å². The number of nitrogens with zero attached hydrogens (tertiary/aromatic N) is 1. The lowest BCUT2D eigenvalue weighted by Gasteiger charge is -1.96. The average Bonchev–Trinajstić information content (AvgIpc) is 2.34. The van der Waals surface area contributed by atoms with Crippen LogP contribution < -0.4 is 0 Å². The Labute approximate surface area is 53.2 Å². The summed E-state index contributed by atoms with van der Waals surface area (Å²) in [6.07, 6.45) is 1.64. The van der Waals surface area contributed by atoms with Crippen LogP contribution in [-0.4, -0.2) is 18.3 Å². The van der Waals surface area contributed by atoms with Gasteiger partial charge in [0.15, 0.2) is 5.76 Å². The summed E-state index contributed by atoms with van der Waals surface area (Å²) >= 11 is 0. The third kappa shape index (κ3) is 1.21. The summed E-state index contributed by atoms with van der Waals surface area (Å²) in [6, 6.07) is 1.86. The summed E-state index contributed by atoms with van der Waals surface area (Å²) < 4.78 is 4.85. The minimum atomic E-state index is 0.0275. The standard InChI is InChI=1S/C6H7NO2/c7-2-6-1-5(3-8)4-9-6/h1,5,8H,3-4H2/t5-/m0/s1. The maximum Gasteiger partial charge on any atom is 0.193 e. The molecule has 3 heteroatoms. The van der Waals surface area contributed by atoms with E-state index in [-0.39, 0.29) is 12.5 Å². The van der Waals surface area contributed by atoms with Crippen molar-refractivity contribution in [1.29, 1.82) is 5.26 Å². The lowest BCUT2D eigenvalue weighted by molar-refractivity contribution is 0.179. The molecule has 1 aliphatic rings. The van der Waals surface area contributed by atoms with Crippen LogP contribution in [0.2, 0.25) is 0 Å². The quantitative estimate of drug-likeness (QED) is 0.538. The molecular formula is C6H7NO2. The topological polar surface area (TPSA) is 53.2 Å². The van der Waals surface area contributed by atoms with Crippen LogP contribution in [0.3, 0.4) is 0 Å². The third-order valence-corrected chi connectivity index (χ3v) is 1.18. The highest BCUT2D eigenvalue weighted by molar-refractivity contribution is 5.17. The third-order valence-electron chi connectivity index (χ3n) is 1.18. The SMILES string of the molecule is N#CC1=C[C@@H](CO)CO1. The molecule has 0 saturated carbocycles. The molecule has 0 aromatic rings. The van der Waals surface area contributed by atoms with Crippen molar-refractivity contribution < 1.29 is 9.84 Å². The minimum Gasteiger partial charge on any atom is -0.483 e. The number of hydrogen-bond donors (Lipinski definition) is 1. The van der Waals surface area contributed by atoms with Gasteiger partial charge in [-0.2, -0.15) is 5.26 Å². The van der Waals surface area contributed by atoms with Crippen molar-refractivity contribution in [1.82, 2.24) is 0 Å². The number of allylic oxidation sites excluding steroid dienone is 1. The van der Waals surface area contributed by atoms with Gasteiger partial charge in [-0.25, -0.2) is 0 Å². The van der Waals surface area contributed by atoms with Crippen LogP contribution >= 0.6 is 0 Å². The van der Waals surface area contributed by atoms with Crippen molar-refractivity contribution in [2.75, 3.05) is 13.2 Å². The van der Waals surface area contributed by atoms with E-state index in [1.165, 1.54) is 0 Å². The van der Waals surface area contributed by atoms with Gasteiger partial charge in [0, 0.05) is 5.92 Å². The fourth-order valence-electron chi connectivity index (χ4n) is 0.682. The first kappa shape index (κ1) is 6.12. The predicted octanol–water partition coefficient (Wildman–Crippen LogP) is 0.0326. The lowest BCUT2D eigenvalue weighted by Crippen LogP contribution is -2.03. The lowest BCUT2D eigenvalue weighted by atomic mass is 10.2. The van der Waals surface area contributed by atoms with E-state index in [1.54, 1.807) is 6.08 Å². The Bertz CT molecular complexity index is 168. The summed E-state index contributed by atoms with van der Waals surface area (Å²) in [5.74, 6) is 0.355. The van der Waals surface area contributed by atoms with Gasteiger partial charge in [0.1, 0.15) is 6.07 Å². The molecule has 0 aromatic carbocycles. The molecule has 1 heterocycles. The highest BCUT2D eigenvalue weighted by atomic mass is 16.5. The monoisotopic (exact) mass is 125 g/mol. The average molecular weight is 125 g/mol. The van der Waals surface area contributed by atoms with Crippen molar-refractivity contribution in [3.63, 3.8) is 0 Å². The van der Waals surface area contributed by atoms with E-state index in [0.29, 0.717) is 12.4 Å². The molecule has 1 rings (SSSR count). The molecule has 0 aromatic heterocycles. The molecule has 0 saturated heterocycles. The molecule has 1 atom stereocenters. The summed E-state index contributed by atoms with van der Waals surface area (Å²) in [6.45, 7) is 0.505. The molecule has 0 spiro atoms. The second kappa shape index (κ2) is 2.51. The highest BCUT2D eigenvalue weighted by Gasteiger charge is 2.14. The van der Waals surface area contributed by atoms with E-state index < -0.39 is 0 Å². The normalized spacial score (nSPS) is 24.4. The molecule has 0 fully saturated rings. The van der Waals surface area contributed by atoms with E-state index in [0.717, 1.165) is 0 Å². The fraction of sp³-hybridized carbons (Fsp3) is 0.500. The Morgan fingerprint density at radius 3 is 3.11 bits per heavy atom. The van der Waals surface area contributed by atoms with Crippen LogP contribution in [0.15, 0.2) is 11.8 Å². The van der Waals surface area contributed by atoms with Crippen molar-refractivity contribution in [2.45, 2.75) is 0 Å². The van der Waals surface area contributed by atoms with Gasteiger partial charge in [-0.3, -0.25) is 0 Å². The molecule has 0 amide bonds. The van der Waals surface area contributed by atoms with Gasteiger partial charge in [0.25, 0.3) is 0 Å². The maximum absolute atomic E-state index is 8.55. The van der Waals surface area contributed by atoms with Crippen LogP contribution in [0.25, 0.3) is 0 Å². The number of aliphatic hydroxyl groups excluding tert-OH is 1. The molecule has 48 valence electrons. The molecule has 0 aliphatic carbocycles. The zero-order valence-corrected chi connectivity index (χ0v) is 4.87. The molecule has 3 nitrogen and oxygen atoms in total. The van der Waals surface area contributed by atoms with E-state index in [9.17, 15) is 0 Å². The minimum absolute atomic E-state index is 0.0275. The van der Waals surface area contributed by atoms with Crippen LogP contribution in [0, 0.1) is 17.2 Å². The summed E-state index contributed by atoms with van der Waals surface area (Å²) in [4.78, 5) is 0. The molecule has 0 bridgehead atoms. The number of rotatable bonds is 1. The van der Waals surface area contributed by atoms with Crippen molar-refractivity contribution >= 4 is 0 Å². The predicted molar refractivity (Wildman–Crippen MR) is 30.2 cm³/mol. The Balaban J connectivity index is 2.53. The Morgan fingerprint density at radius 2 is 2.78 bits per heavy atom. The highest BCUT2D eigenvalue weighted by Crippen LogP contribution is 2.13. The van der Waals surface area contributed by atoms with Crippen LogP contribution in [0.5, 0.6) is 0 Å². The second-order valence-corrected chi connectivity index (χ2v) is 1.90. The molecule has 9 heavy (non-hydrogen) atoms. The van der Waals surface area contributed by atoms with Gasteiger partial charge >= 0.3 is 0 Å². The van der Waals surface area contributed by atoms with Crippen LogP contribution in [0.1, 0.15) is 0 Å². The van der Waals surface area contributed by atoms with Crippen LogP contribution in [-0.2, 0) is 4.74 Å². The van der Waals surface area contributed by atoms with Gasteiger partial charge in [-0.1, -0.05) is 0 Å². The maximum atomic E-state index is 8.55. The zero-order valence-electron chi connectivity index (χ0n) is 4.87.